The van der Waals surface area contributed by atoms with Crippen molar-refractivity contribution in [2.24, 2.45) is 28.1 Å². The quantitative estimate of drug-likeness (QED) is 0.331. The average Bonchev–Trinajstić information content (AvgIpc) is 2.15. The summed E-state index contributed by atoms with van der Waals surface area (Å²) in [7, 11) is 0. The Kier molecular flexibility index (Phi) is 3.55. The molecule has 1 rings (SSSR count). The molecule has 6 nitrogen and oxygen atoms in total. The lowest BCUT2D eigenvalue weighted by Crippen LogP contribution is -2.44. The maximum absolute atomic E-state index is 7.31. The zero-order valence-corrected chi connectivity index (χ0v) is 8.24. The Labute approximate surface area is 83.6 Å². The second kappa shape index (κ2) is 4.69. The van der Waals surface area contributed by atoms with E-state index >= 15 is 0 Å². The van der Waals surface area contributed by atoms with Gasteiger partial charge in [0.2, 0.25) is 0 Å². The Bertz CT molecular complexity index is 232. The molecule has 14 heavy (non-hydrogen) atoms. The van der Waals surface area contributed by atoms with Crippen LogP contribution in [-0.2, 0) is 0 Å². The van der Waals surface area contributed by atoms with Crippen molar-refractivity contribution in [3.05, 3.63) is 0 Å². The molecule has 0 aromatic rings. The first-order valence-corrected chi connectivity index (χ1v) is 4.74. The first-order valence-electron chi connectivity index (χ1n) is 4.74. The van der Waals surface area contributed by atoms with Gasteiger partial charge in [0.1, 0.15) is 0 Å². The molecule has 1 aliphatic heterocycles. The summed E-state index contributed by atoms with van der Waals surface area (Å²) < 4.78 is 0. The SMILES string of the molecule is N=C(N)N1CCCC(CN=C(N)N)C1. The van der Waals surface area contributed by atoms with E-state index in [4.69, 9.17) is 22.6 Å². The zero-order valence-electron chi connectivity index (χ0n) is 8.24. The van der Waals surface area contributed by atoms with E-state index in [-0.39, 0.29) is 11.9 Å². The van der Waals surface area contributed by atoms with Gasteiger partial charge in [-0.25, -0.2) is 0 Å². The Morgan fingerprint density at radius 1 is 1.43 bits per heavy atom. The summed E-state index contributed by atoms with van der Waals surface area (Å²) in [5, 5.41) is 7.31. The highest BCUT2D eigenvalue weighted by atomic mass is 15.2. The zero-order chi connectivity index (χ0) is 10.6. The Morgan fingerprint density at radius 3 is 2.71 bits per heavy atom. The van der Waals surface area contributed by atoms with Crippen molar-refractivity contribution in [3.8, 4) is 0 Å². The van der Waals surface area contributed by atoms with Crippen LogP contribution in [-0.4, -0.2) is 36.5 Å². The third-order valence-corrected chi connectivity index (χ3v) is 2.39. The number of hydrogen-bond donors (Lipinski definition) is 4. The second-order valence-corrected chi connectivity index (χ2v) is 3.61. The van der Waals surface area contributed by atoms with Crippen LogP contribution in [0.25, 0.3) is 0 Å². The van der Waals surface area contributed by atoms with E-state index in [1.165, 1.54) is 0 Å². The minimum atomic E-state index is 0.130. The monoisotopic (exact) mass is 198 g/mol. The number of likely N-dealkylation sites (tertiary alicyclic amines) is 1. The van der Waals surface area contributed by atoms with Crippen molar-refractivity contribution in [1.82, 2.24) is 4.90 Å². The van der Waals surface area contributed by atoms with Gasteiger partial charge in [0.05, 0.1) is 0 Å². The minimum absolute atomic E-state index is 0.130. The van der Waals surface area contributed by atoms with Crippen LogP contribution >= 0.6 is 0 Å². The molecule has 0 aromatic heterocycles. The first kappa shape index (κ1) is 10.6. The molecule has 0 aromatic carbocycles. The molecule has 0 aliphatic carbocycles. The van der Waals surface area contributed by atoms with Gasteiger partial charge in [-0.15, -0.1) is 0 Å². The number of aliphatic imine (C=N–C) groups is 1. The molecule has 1 aliphatic rings. The first-order chi connectivity index (χ1) is 6.59. The largest absolute Gasteiger partial charge is 0.370 e. The van der Waals surface area contributed by atoms with E-state index < -0.39 is 0 Å². The molecule has 0 spiro atoms. The summed E-state index contributed by atoms with van der Waals surface area (Å²) in [5.74, 6) is 0.680. The number of piperidine rings is 1. The lowest BCUT2D eigenvalue weighted by Gasteiger charge is -2.32. The average molecular weight is 198 g/mol. The van der Waals surface area contributed by atoms with Crippen LogP contribution in [0.15, 0.2) is 4.99 Å². The highest BCUT2D eigenvalue weighted by Gasteiger charge is 2.20. The number of nitrogens with one attached hydrogen (secondary N) is 1. The molecule has 7 N–H and O–H groups in total. The van der Waals surface area contributed by atoms with Gasteiger partial charge in [0.15, 0.2) is 11.9 Å². The minimum Gasteiger partial charge on any atom is -0.370 e. The Balaban J connectivity index is 2.40. The predicted molar refractivity (Wildman–Crippen MR) is 56.9 cm³/mol. The van der Waals surface area contributed by atoms with Crippen molar-refractivity contribution < 1.29 is 0 Å². The molecule has 0 amide bonds. The predicted octanol–water partition coefficient (Wildman–Crippen LogP) is -1.13. The van der Waals surface area contributed by atoms with Crippen LogP contribution in [0.2, 0.25) is 0 Å². The molecule has 1 atom stereocenters. The molecule has 1 unspecified atom stereocenters. The normalized spacial score (nSPS) is 21.7. The van der Waals surface area contributed by atoms with Crippen LogP contribution in [0.4, 0.5) is 0 Å². The van der Waals surface area contributed by atoms with Gasteiger partial charge in [0, 0.05) is 19.6 Å². The third kappa shape index (κ3) is 3.12. The summed E-state index contributed by atoms with van der Waals surface area (Å²) in [6, 6.07) is 0. The summed E-state index contributed by atoms with van der Waals surface area (Å²) in [5.41, 5.74) is 15.9. The van der Waals surface area contributed by atoms with Crippen LogP contribution in [0.3, 0.4) is 0 Å². The van der Waals surface area contributed by atoms with Gasteiger partial charge < -0.3 is 22.1 Å². The fourth-order valence-electron chi connectivity index (χ4n) is 1.67. The Morgan fingerprint density at radius 2 is 2.14 bits per heavy atom. The van der Waals surface area contributed by atoms with Crippen LogP contribution < -0.4 is 17.2 Å². The van der Waals surface area contributed by atoms with E-state index in [2.05, 4.69) is 4.99 Å². The number of rotatable bonds is 2. The number of nitrogens with two attached hydrogens (primary N) is 3. The topological polar surface area (TPSA) is 118 Å². The van der Waals surface area contributed by atoms with E-state index in [9.17, 15) is 0 Å². The molecular weight excluding hydrogens is 180 g/mol. The maximum atomic E-state index is 7.31. The van der Waals surface area contributed by atoms with Crippen LogP contribution in [0.5, 0.6) is 0 Å². The molecule has 0 saturated carbocycles. The van der Waals surface area contributed by atoms with Gasteiger partial charge in [-0.2, -0.15) is 0 Å². The molecule has 1 saturated heterocycles. The smallest absolute Gasteiger partial charge is 0.188 e. The lowest BCUT2D eigenvalue weighted by atomic mass is 9.98. The van der Waals surface area contributed by atoms with Gasteiger partial charge in [0.25, 0.3) is 0 Å². The van der Waals surface area contributed by atoms with Crippen molar-refractivity contribution in [2.45, 2.75) is 12.8 Å². The Hall–Kier alpha value is -1.46. The van der Waals surface area contributed by atoms with Crippen molar-refractivity contribution in [2.75, 3.05) is 19.6 Å². The second-order valence-electron chi connectivity index (χ2n) is 3.61. The fourth-order valence-corrected chi connectivity index (χ4v) is 1.67. The highest BCUT2D eigenvalue weighted by Crippen LogP contribution is 2.15. The van der Waals surface area contributed by atoms with Gasteiger partial charge in [-0.05, 0) is 18.8 Å². The maximum Gasteiger partial charge on any atom is 0.188 e. The fraction of sp³-hybridized carbons (Fsp3) is 0.750. The third-order valence-electron chi connectivity index (χ3n) is 2.39. The van der Waals surface area contributed by atoms with E-state index in [1.807, 2.05) is 4.90 Å². The standard InChI is InChI=1S/C8H18N6/c9-7(10)13-4-6-2-1-3-14(5-6)8(11)12/h6H,1-5H2,(H3,11,12)(H4,9,10,13). The van der Waals surface area contributed by atoms with Gasteiger partial charge in [-0.3, -0.25) is 10.4 Å². The molecule has 0 bridgehead atoms. The molecule has 1 heterocycles. The summed E-state index contributed by atoms with van der Waals surface area (Å²) in [4.78, 5) is 5.83. The number of hydrogen-bond acceptors (Lipinski definition) is 2. The highest BCUT2D eigenvalue weighted by molar-refractivity contribution is 5.75. The van der Waals surface area contributed by atoms with E-state index in [0.717, 1.165) is 25.9 Å². The van der Waals surface area contributed by atoms with Crippen molar-refractivity contribution in [3.63, 3.8) is 0 Å². The molecular formula is C8H18N6. The summed E-state index contributed by atoms with van der Waals surface area (Å²) >= 11 is 0. The summed E-state index contributed by atoms with van der Waals surface area (Å²) in [6.45, 7) is 2.28. The number of nitrogens with zero attached hydrogens (tertiary/aromatic N) is 2. The lowest BCUT2D eigenvalue weighted by molar-refractivity contribution is 0.260. The molecule has 1 fully saturated rings. The molecule has 80 valence electrons. The summed E-state index contributed by atoms with van der Waals surface area (Å²) in [6.07, 6.45) is 2.14. The van der Waals surface area contributed by atoms with Crippen LogP contribution in [0, 0.1) is 11.3 Å². The van der Waals surface area contributed by atoms with Crippen molar-refractivity contribution in [1.29, 1.82) is 5.41 Å². The van der Waals surface area contributed by atoms with Gasteiger partial charge in [-0.1, -0.05) is 0 Å². The molecule has 0 radical (unpaired) electrons. The van der Waals surface area contributed by atoms with Crippen LogP contribution in [0.1, 0.15) is 12.8 Å². The van der Waals surface area contributed by atoms with Crippen molar-refractivity contribution >= 4 is 11.9 Å². The van der Waals surface area contributed by atoms with E-state index in [1.54, 1.807) is 0 Å². The van der Waals surface area contributed by atoms with Gasteiger partial charge >= 0.3 is 0 Å². The number of guanidine groups is 2. The molecule has 6 heteroatoms. The van der Waals surface area contributed by atoms with E-state index in [0.29, 0.717) is 12.5 Å².